The zero-order chi connectivity index (χ0) is 12.4. The van der Waals surface area contributed by atoms with Gasteiger partial charge in [-0.15, -0.1) is 0 Å². The van der Waals surface area contributed by atoms with Crippen molar-refractivity contribution >= 4 is 17.7 Å². The minimum atomic E-state index is -0.406. The van der Waals surface area contributed by atoms with E-state index in [9.17, 15) is 14.4 Å². The average Bonchev–Trinajstić information content (AvgIpc) is 2.31. The molecule has 0 spiro atoms. The van der Waals surface area contributed by atoms with Crippen molar-refractivity contribution in [2.24, 2.45) is 0 Å². The molecule has 0 bridgehead atoms. The van der Waals surface area contributed by atoms with E-state index >= 15 is 0 Å². The fourth-order valence-electron chi connectivity index (χ4n) is 0.999. The van der Waals surface area contributed by atoms with Crippen molar-refractivity contribution in [2.45, 2.75) is 25.7 Å². The Morgan fingerprint density at radius 2 is 1.94 bits per heavy atom. The first kappa shape index (κ1) is 14.3. The highest BCUT2D eigenvalue weighted by molar-refractivity contribution is 5.89. The van der Waals surface area contributed by atoms with Gasteiger partial charge in [-0.05, 0) is 12.5 Å². The Morgan fingerprint density at radius 1 is 1.25 bits per heavy atom. The summed E-state index contributed by atoms with van der Waals surface area (Å²) in [4.78, 5) is 32.7. The molecular formula is C11H17NO4. The molecule has 0 heterocycles. The van der Waals surface area contributed by atoms with E-state index in [0.717, 1.165) is 0 Å². The van der Waals surface area contributed by atoms with Gasteiger partial charge >= 0.3 is 5.97 Å². The molecule has 5 nitrogen and oxygen atoms in total. The van der Waals surface area contributed by atoms with Crippen LogP contribution in [0.3, 0.4) is 0 Å². The molecule has 1 N–H and O–H groups in total. The number of esters is 1. The molecule has 0 radical (unpaired) electrons. The van der Waals surface area contributed by atoms with Crippen molar-refractivity contribution in [2.75, 3.05) is 13.7 Å². The summed E-state index contributed by atoms with van der Waals surface area (Å²) in [6, 6.07) is 0. The van der Waals surface area contributed by atoms with Gasteiger partial charge < -0.3 is 10.1 Å². The zero-order valence-electron chi connectivity index (χ0n) is 9.45. The minimum absolute atomic E-state index is 0.0381. The Balaban J connectivity index is 3.47. The molecule has 1 amide bonds. The number of ketones is 1. The molecule has 0 fully saturated rings. The van der Waals surface area contributed by atoms with E-state index in [0.29, 0.717) is 19.4 Å². The van der Waals surface area contributed by atoms with Crippen LogP contribution in [0.15, 0.2) is 12.7 Å². The molecule has 0 aromatic carbocycles. The van der Waals surface area contributed by atoms with Crippen molar-refractivity contribution in [1.29, 1.82) is 0 Å². The number of allylic oxidation sites excluding steroid dienone is 1. The monoisotopic (exact) mass is 227 g/mol. The summed E-state index contributed by atoms with van der Waals surface area (Å²) in [6.07, 6.45) is 2.41. The van der Waals surface area contributed by atoms with Crippen LogP contribution in [0, 0.1) is 0 Å². The highest BCUT2D eigenvalue weighted by Gasteiger charge is 2.06. The molecule has 16 heavy (non-hydrogen) atoms. The van der Waals surface area contributed by atoms with Crippen LogP contribution in [-0.4, -0.2) is 31.3 Å². The van der Waals surface area contributed by atoms with Crippen LogP contribution >= 0.6 is 0 Å². The molecule has 90 valence electrons. The van der Waals surface area contributed by atoms with Gasteiger partial charge in [-0.3, -0.25) is 14.4 Å². The van der Waals surface area contributed by atoms with E-state index < -0.39 is 5.97 Å². The second-order valence-electron chi connectivity index (χ2n) is 3.20. The largest absolute Gasteiger partial charge is 0.469 e. The SMILES string of the molecule is C=CC(=O)CCCNC(=O)CCC(=O)OC. The minimum Gasteiger partial charge on any atom is -0.469 e. The lowest BCUT2D eigenvalue weighted by Gasteiger charge is -2.03. The molecule has 0 rings (SSSR count). The average molecular weight is 227 g/mol. The molecule has 0 saturated carbocycles. The quantitative estimate of drug-likeness (QED) is 0.374. The van der Waals surface area contributed by atoms with Crippen LogP contribution in [0.4, 0.5) is 0 Å². The first-order valence-corrected chi connectivity index (χ1v) is 5.09. The van der Waals surface area contributed by atoms with Crippen molar-refractivity contribution in [3.05, 3.63) is 12.7 Å². The third-order valence-electron chi connectivity index (χ3n) is 1.93. The molecule has 0 saturated heterocycles. The Hall–Kier alpha value is -1.65. The summed E-state index contributed by atoms with van der Waals surface area (Å²) in [6.45, 7) is 3.77. The van der Waals surface area contributed by atoms with Crippen LogP contribution in [-0.2, 0) is 19.1 Å². The lowest BCUT2D eigenvalue weighted by Crippen LogP contribution is -2.25. The molecule has 0 aromatic heterocycles. The third-order valence-corrected chi connectivity index (χ3v) is 1.93. The first-order valence-electron chi connectivity index (χ1n) is 5.09. The first-order chi connectivity index (χ1) is 7.60. The van der Waals surface area contributed by atoms with Crippen LogP contribution in [0.5, 0.6) is 0 Å². The maximum absolute atomic E-state index is 11.2. The summed E-state index contributed by atoms with van der Waals surface area (Å²) < 4.78 is 4.40. The summed E-state index contributed by atoms with van der Waals surface area (Å²) in [5.74, 6) is -0.655. The number of nitrogens with one attached hydrogen (secondary N) is 1. The number of carbonyl (C=O) groups excluding carboxylic acids is 3. The van der Waals surface area contributed by atoms with E-state index in [-0.39, 0.29) is 24.5 Å². The van der Waals surface area contributed by atoms with Gasteiger partial charge in [0.05, 0.1) is 13.5 Å². The van der Waals surface area contributed by atoms with E-state index in [1.807, 2.05) is 0 Å². The Bertz CT molecular complexity index is 273. The van der Waals surface area contributed by atoms with Gasteiger partial charge in [-0.1, -0.05) is 6.58 Å². The van der Waals surface area contributed by atoms with Crippen molar-refractivity contribution in [3.63, 3.8) is 0 Å². The van der Waals surface area contributed by atoms with Gasteiger partial charge in [0.1, 0.15) is 0 Å². The molecule has 5 heteroatoms. The maximum atomic E-state index is 11.2. The summed E-state index contributed by atoms with van der Waals surface area (Å²) in [5.41, 5.74) is 0. The smallest absolute Gasteiger partial charge is 0.306 e. The van der Waals surface area contributed by atoms with Gasteiger partial charge in [0.2, 0.25) is 5.91 Å². The number of rotatable bonds is 8. The van der Waals surface area contributed by atoms with Gasteiger partial charge in [0.15, 0.2) is 5.78 Å². The second-order valence-corrected chi connectivity index (χ2v) is 3.20. The number of methoxy groups -OCH3 is 1. The van der Waals surface area contributed by atoms with E-state index in [1.54, 1.807) is 0 Å². The molecular weight excluding hydrogens is 210 g/mol. The predicted molar refractivity (Wildman–Crippen MR) is 58.7 cm³/mol. The van der Waals surface area contributed by atoms with Crippen molar-refractivity contribution in [3.8, 4) is 0 Å². The van der Waals surface area contributed by atoms with Crippen LogP contribution in [0.25, 0.3) is 0 Å². The number of hydrogen-bond donors (Lipinski definition) is 1. The number of hydrogen-bond acceptors (Lipinski definition) is 4. The topological polar surface area (TPSA) is 72.5 Å². The molecule has 0 atom stereocenters. The lowest BCUT2D eigenvalue weighted by atomic mass is 10.2. The lowest BCUT2D eigenvalue weighted by molar-refractivity contribution is -0.142. The second kappa shape index (κ2) is 8.64. The fraction of sp³-hybridized carbons (Fsp3) is 0.545. The Morgan fingerprint density at radius 3 is 2.50 bits per heavy atom. The van der Waals surface area contributed by atoms with Gasteiger partial charge in [0, 0.05) is 19.4 Å². The molecule has 0 aliphatic heterocycles. The number of amides is 1. The highest BCUT2D eigenvalue weighted by Crippen LogP contribution is 1.93. The summed E-state index contributed by atoms with van der Waals surface area (Å²) >= 11 is 0. The van der Waals surface area contributed by atoms with Crippen LogP contribution in [0.2, 0.25) is 0 Å². The number of ether oxygens (including phenoxy) is 1. The standard InChI is InChI=1S/C11H17NO4/c1-3-9(13)5-4-8-12-10(14)6-7-11(15)16-2/h3H,1,4-8H2,2H3,(H,12,14). The van der Waals surface area contributed by atoms with Crippen LogP contribution in [0.1, 0.15) is 25.7 Å². The predicted octanol–water partition coefficient (Wildman–Crippen LogP) is 0.591. The van der Waals surface area contributed by atoms with E-state index in [1.165, 1.54) is 13.2 Å². The summed E-state index contributed by atoms with van der Waals surface area (Å²) in [7, 11) is 1.28. The Kier molecular flexibility index (Phi) is 7.75. The van der Waals surface area contributed by atoms with Crippen LogP contribution < -0.4 is 5.32 Å². The highest BCUT2D eigenvalue weighted by atomic mass is 16.5. The van der Waals surface area contributed by atoms with Gasteiger partial charge in [0.25, 0.3) is 0 Å². The normalized spacial score (nSPS) is 9.31. The Labute approximate surface area is 94.8 Å². The molecule has 0 unspecified atom stereocenters. The summed E-state index contributed by atoms with van der Waals surface area (Å²) in [5, 5.41) is 2.61. The fourth-order valence-corrected chi connectivity index (χ4v) is 0.999. The molecule has 0 aliphatic carbocycles. The molecule has 0 aliphatic rings. The van der Waals surface area contributed by atoms with Gasteiger partial charge in [-0.25, -0.2) is 0 Å². The van der Waals surface area contributed by atoms with Gasteiger partial charge in [-0.2, -0.15) is 0 Å². The molecule has 0 aromatic rings. The van der Waals surface area contributed by atoms with E-state index in [4.69, 9.17) is 0 Å². The number of carbonyl (C=O) groups is 3. The maximum Gasteiger partial charge on any atom is 0.306 e. The van der Waals surface area contributed by atoms with Crippen molar-refractivity contribution in [1.82, 2.24) is 5.32 Å². The zero-order valence-corrected chi connectivity index (χ0v) is 9.45. The van der Waals surface area contributed by atoms with E-state index in [2.05, 4.69) is 16.6 Å². The third kappa shape index (κ3) is 7.73. The van der Waals surface area contributed by atoms with Crippen molar-refractivity contribution < 1.29 is 19.1 Å².